The lowest BCUT2D eigenvalue weighted by molar-refractivity contribution is -0.144. The fourth-order valence-corrected chi connectivity index (χ4v) is 3.18. The van der Waals surface area contributed by atoms with E-state index in [1.165, 1.54) is 19.3 Å². The number of hydrogen-bond donors (Lipinski definition) is 1. The number of hydrogen-bond acceptors (Lipinski definition) is 2. The van der Waals surface area contributed by atoms with Crippen LogP contribution in [-0.2, 0) is 4.79 Å². The van der Waals surface area contributed by atoms with Crippen LogP contribution in [0.5, 0.6) is 0 Å². The number of carbonyl (C=O) groups is 1. The van der Waals surface area contributed by atoms with Gasteiger partial charge in [-0.05, 0) is 38.1 Å². The van der Waals surface area contributed by atoms with E-state index in [1.54, 1.807) is 0 Å². The number of rotatable bonds is 2. The van der Waals surface area contributed by atoms with Crippen molar-refractivity contribution < 1.29 is 9.90 Å². The average molecular weight is 211 g/mol. The maximum absolute atomic E-state index is 11.0. The first-order chi connectivity index (χ1) is 7.18. The Kier molecular flexibility index (Phi) is 3.29. The zero-order valence-corrected chi connectivity index (χ0v) is 9.48. The van der Waals surface area contributed by atoms with Crippen molar-refractivity contribution in [2.45, 2.75) is 45.1 Å². The summed E-state index contributed by atoms with van der Waals surface area (Å²) in [6.07, 6.45) is 5.83. The van der Waals surface area contributed by atoms with Gasteiger partial charge in [0.25, 0.3) is 0 Å². The first-order valence-corrected chi connectivity index (χ1v) is 6.15. The molecule has 3 heteroatoms. The highest BCUT2D eigenvalue weighted by atomic mass is 16.4. The van der Waals surface area contributed by atoms with Crippen molar-refractivity contribution in [1.82, 2.24) is 4.90 Å². The number of nitrogens with zero attached hydrogens (tertiary/aromatic N) is 1. The van der Waals surface area contributed by atoms with Crippen LogP contribution < -0.4 is 0 Å². The fourth-order valence-electron chi connectivity index (χ4n) is 3.18. The average Bonchev–Trinajstić information content (AvgIpc) is 2.64. The maximum Gasteiger partial charge on any atom is 0.307 e. The molecule has 0 spiro atoms. The molecule has 2 aliphatic rings. The third kappa shape index (κ3) is 2.33. The zero-order chi connectivity index (χ0) is 10.8. The molecular weight excluding hydrogens is 190 g/mol. The topological polar surface area (TPSA) is 40.5 Å². The Morgan fingerprint density at radius 1 is 1.27 bits per heavy atom. The number of carboxylic acids is 1. The molecule has 1 saturated heterocycles. The summed E-state index contributed by atoms with van der Waals surface area (Å²) < 4.78 is 0. The molecule has 2 fully saturated rings. The van der Waals surface area contributed by atoms with Gasteiger partial charge in [0, 0.05) is 12.6 Å². The third-order valence-electron chi connectivity index (χ3n) is 4.09. The van der Waals surface area contributed by atoms with E-state index in [0.717, 1.165) is 31.8 Å². The van der Waals surface area contributed by atoms with Gasteiger partial charge in [0.05, 0.1) is 5.92 Å². The number of likely N-dealkylation sites (tertiary alicyclic amines) is 1. The van der Waals surface area contributed by atoms with Crippen molar-refractivity contribution in [3.8, 4) is 0 Å². The Hall–Kier alpha value is -0.570. The van der Waals surface area contributed by atoms with Crippen molar-refractivity contribution >= 4 is 5.97 Å². The van der Waals surface area contributed by atoms with E-state index >= 15 is 0 Å². The Morgan fingerprint density at radius 3 is 2.67 bits per heavy atom. The minimum Gasteiger partial charge on any atom is -0.481 e. The van der Waals surface area contributed by atoms with E-state index in [-0.39, 0.29) is 5.92 Å². The predicted octanol–water partition coefficient (Wildman–Crippen LogP) is 1.97. The lowest BCUT2D eigenvalue weighted by atomic mass is 9.94. The maximum atomic E-state index is 11.0. The first-order valence-electron chi connectivity index (χ1n) is 6.15. The summed E-state index contributed by atoms with van der Waals surface area (Å²) in [4.78, 5) is 13.4. The molecule has 1 heterocycles. The van der Waals surface area contributed by atoms with Crippen molar-refractivity contribution in [2.75, 3.05) is 13.1 Å². The van der Waals surface area contributed by atoms with Crippen LogP contribution in [0.25, 0.3) is 0 Å². The quantitative estimate of drug-likeness (QED) is 0.759. The Labute approximate surface area is 91.5 Å². The van der Waals surface area contributed by atoms with Gasteiger partial charge in [-0.15, -0.1) is 0 Å². The van der Waals surface area contributed by atoms with E-state index in [0.29, 0.717) is 6.04 Å². The van der Waals surface area contributed by atoms with Crippen LogP contribution >= 0.6 is 0 Å². The molecule has 1 aliphatic carbocycles. The molecular formula is C12H21NO2. The molecule has 3 unspecified atom stereocenters. The smallest absolute Gasteiger partial charge is 0.307 e. The summed E-state index contributed by atoms with van der Waals surface area (Å²) >= 11 is 0. The molecule has 86 valence electrons. The van der Waals surface area contributed by atoms with Crippen LogP contribution in [0, 0.1) is 11.8 Å². The lowest BCUT2D eigenvalue weighted by Gasteiger charge is -2.37. The van der Waals surface area contributed by atoms with E-state index in [1.807, 2.05) is 0 Å². The van der Waals surface area contributed by atoms with Crippen molar-refractivity contribution in [1.29, 1.82) is 0 Å². The van der Waals surface area contributed by atoms with Gasteiger partial charge in [0.2, 0.25) is 0 Å². The van der Waals surface area contributed by atoms with Gasteiger partial charge in [-0.25, -0.2) is 0 Å². The van der Waals surface area contributed by atoms with Gasteiger partial charge in [-0.2, -0.15) is 0 Å². The van der Waals surface area contributed by atoms with Gasteiger partial charge in [0.15, 0.2) is 0 Å². The Bertz CT molecular complexity index is 242. The molecule has 0 aromatic carbocycles. The number of carboxylic acid groups (broad SMARTS) is 1. The molecule has 0 amide bonds. The second-order valence-corrected chi connectivity index (χ2v) is 5.15. The molecule has 0 radical (unpaired) electrons. The largest absolute Gasteiger partial charge is 0.481 e. The minimum absolute atomic E-state index is 0.119. The van der Waals surface area contributed by atoms with Gasteiger partial charge in [0.1, 0.15) is 0 Å². The number of aliphatic carboxylic acids is 1. The second-order valence-electron chi connectivity index (χ2n) is 5.15. The summed E-state index contributed by atoms with van der Waals surface area (Å²) in [5.41, 5.74) is 0. The standard InChI is InChI=1S/C12H21NO2/c1-9-4-2-6-11(9)13-7-3-5-10(8-13)12(14)15/h9-11H,2-8H2,1H3,(H,14,15). The molecule has 3 nitrogen and oxygen atoms in total. The molecule has 1 N–H and O–H groups in total. The molecule has 2 rings (SSSR count). The molecule has 15 heavy (non-hydrogen) atoms. The summed E-state index contributed by atoms with van der Waals surface area (Å²) in [6.45, 7) is 4.20. The van der Waals surface area contributed by atoms with Crippen LogP contribution in [0.4, 0.5) is 0 Å². The van der Waals surface area contributed by atoms with Gasteiger partial charge < -0.3 is 5.11 Å². The van der Waals surface area contributed by atoms with E-state index in [9.17, 15) is 4.79 Å². The molecule has 0 aromatic heterocycles. The van der Waals surface area contributed by atoms with Crippen molar-refractivity contribution in [3.05, 3.63) is 0 Å². The SMILES string of the molecule is CC1CCCC1N1CCCC(C(=O)O)C1. The van der Waals surface area contributed by atoms with E-state index < -0.39 is 5.97 Å². The minimum atomic E-state index is -0.606. The highest BCUT2D eigenvalue weighted by molar-refractivity contribution is 5.70. The summed E-state index contributed by atoms with van der Waals surface area (Å²) in [5.74, 6) is 0.0365. The Balaban J connectivity index is 1.94. The fraction of sp³-hybridized carbons (Fsp3) is 0.917. The molecule has 1 saturated carbocycles. The van der Waals surface area contributed by atoms with E-state index in [4.69, 9.17) is 5.11 Å². The normalized spacial score (nSPS) is 38.1. The monoisotopic (exact) mass is 211 g/mol. The molecule has 0 aromatic rings. The summed E-state index contributed by atoms with van der Waals surface area (Å²) in [6, 6.07) is 0.659. The first kappa shape index (κ1) is 10.9. The van der Waals surface area contributed by atoms with Crippen LogP contribution in [0.2, 0.25) is 0 Å². The lowest BCUT2D eigenvalue weighted by Crippen LogP contribution is -2.45. The Morgan fingerprint density at radius 2 is 2.07 bits per heavy atom. The summed E-state index contributed by atoms with van der Waals surface area (Å²) in [7, 11) is 0. The van der Waals surface area contributed by atoms with Crippen LogP contribution in [0.3, 0.4) is 0 Å². The van der Waals surface area contributed by atoms with E-state index in [2.05, 4.69) is 11.8 Å². The van der Waals surface area contributed by atoms with Crippen LogP contribution in [-0.4, -0.2) is 35.1 Å². The van der Waals surface area contributed by atoms with Crippen LogP contribution in [0.15, 0.2) is 0 Å². The van der Waals surface area contributed by atoms with Crippen molar-refractivity contribution in [2.24, 2.45) is 11.8 Å². The molecule has 1 aliphatic heterocycles. The van der Waals surface area contributed by atoms with Gasteiger partial charge >= 0.3 is 5.97 Å². The van der Waals surface area contributed by atoms with Crippen molar-refractivity contribution in [3.63, 3.8) is 0 Å². The molecule has 3 atom stereocenters. The van der Waals surface area contributed by atoms with Gasteiger partial charge in [-0.1, -0.05) is 13.3 Å². The zero-order valence-electron chi connectivity index (χ0n) is 9.48. The highest BCUT2D eigenvalue weighted by Crippen LogP contribution is 2.32. The predicted molar refractivity (Wildman–Crippen MR) is 58.7 cm³/mol. The van der Waals surface area contributed by atoms with Gasteiger partial charge in [-0.3, -0.25) is 9.69 Å². The third-order valence-corrected chi connectivity index (χ3v) is 4.09. The second kappa shape index (κ2) is 4.52. The molecule has 0 bridgehead atoms. The summed E-state index contributed by atoms with van der Waals surface area (Å²) in [5, 5.41) is 9.04. The highest BCUT2D eigenvalue weighted by Gasteiger charge is 2.34. The number of piperidine rings is 1. The van der Waals surface area contributed by atoms with Crippen LogP contribution in [0.1, 0.15) is 39.0 Å².